The normalized spacial score (nSPS) is 12.7. The van der Waals surface area contributed by atoms with Gasteiger partial charge < -0.3 is 9.29 Å². The molecule has 0 radical (unpaired) electrons. The Kier molecular flexibility index (Phi) is 4.45. The summed E-state index contributed by atoms with van der Waals surface area (Å²) < 4.78 is 29.3. The Hall–Kier alpha value is -2.11. The molecule has 21 heavy (non-hydrogen) atoms. The lowest BCUT2D eigenvalue weighted by molar-refractivity contribution is 0.229. The van der Waals surface area contributed by atoms with E-state index in [0.717, 1.165) is 5.56 Å². The van der Waals surface area contributed by atoms with Crippen molar-refractivity contribution in [2.75, 3.05) is 0 Å². The second-order valence-corrected chi connectivity index (χ2v) is 6.15. The zero-order valence-electron chi connectivity index (χ0n) is 11.6. The summed E-state index contributed by atoms with van der Waals surface area (Å²) in [5.74, 6) is 0.190. The molecular weight excluding hydrogens is 288 g/mol. The lowest BCUT2D eigenvalue weighted by Crippen LogP contribution is -2.09. The van der Waals surface area contributed by atoms with Gasteiger partial charge in [0.1, 0.15) is 10.6 Å². The molecule has 0 spiro atoms. The van der Waals surface area contributed by atoms with Crippen molar-refractivity contribution in [3.8, 4) is 5.75 Å². The van der Waals surface area contributed by atoms with Crippen molar-refractivity contribution in [2.24, 2.45) is 0 Å². The van der Waals surface area contributed by atoms with E-state index in [0.29, 0.717) is 5.56 Å². The molecule has 0 saturated carbocycles. The monoisotopic (exact) mass is 304 g/mol. The highest BCUT2D eigenvalue weighted by atomic mass is 32.2. The van der Waals surface area contributed by atoms with Gasteiger partial charge in [0.15, 0.2) is 0 Å². The Morgan fingerprint density at radius 3 is 2.19 bits per heavy atom. The summed E-state index contributed by atoms with van der Waals surface area (Å²) in [6.07, 6.45) is 0.603. The van der Waals surface area contributed by atoms with Gasteiger partial charge in [-0.1, -0.05) is 35.9 Å². The van der Waals surface area contributed by atoms with Crippen LogP contribution in [0, 0.1) is 6.92 Å². The van der Waals surface area contributed by atoms with Gasteiger partial charge in [-0.3, -0.25) is 0 Å². The fourth-order valence-electron chi connectivity index (χ4n) is 1.74. The highest BCUT2D eigenvalue weighted by Gasteiger charge is 2.16. The number of aryl methyl sites for hydroxylation is 1. The van der Waals surface area contributed by atoms with Crippen LogP contribution in [0.25, 0.3) is 0 Å². The van der Waals surface area contributed by atoms with Crippen molar-refractivity contribution in [2.45, 2.75) is 17.9 Å². The summed E-state index contributed by atoms with van der Waals surface area (Å²) in [4.78, 5) is 0.100. The van der Waals surface area contributed by atoms with E-state index in [4.69, 9.17) is 4.18 Å². The lowest BCUT2D eigenvalue weighted by Gasteiger charge is -2.09. The van der Waals surface area contributed by atoms with E-state index in [2.05, 4.69) is 6.58 Å². The van der Waals surface area contributed by atoms with Crippen LogP contribution in [0.2, 0.25) is 0 Å². The zero-order chi connectivity index (χ0) is 15.5. The maximum Gasteiger partial charge on any atom is 0.339 e. The summed E-state index contributed by atoms with van der Waals surface area (Å²) in [7, 11) is -3.85. The van der Waals surface area contributed by atoms with Crippen molar-refractivity contribution in [3.05, 3.63) is 72.3 Å². The SMILES string of the molecule is C=CC(O)c1ccc(OS(=O)(=O)c2ccc(C)cc2)cc1. The van der Waals surface area contributed by atoms with Crippen LogP contribution in [0.4, 0.5) is 0 Å². The van der Waals surface area contributed by atoms with Crippen LogP contribution >= 0.6 is 0 Å². The Morgan fingerprint density at radius 1 is 1.10 bits per heavy atom. The molecule has 5 heteroatoms. The Bertz CT molecular complexity index is 716. The number of aliphatic hydroxyl groups excluding tert-OH is 1. The van der Waals surface area contributed by atoms with Crippen LogP contribution in [0.1, 0.15) is 17.2 Å². The third-order valence-corrected chi connectivity index (χ3v) is 4.22. The van der Waals surface area contributed by atoms with Crippen molar-refractivity contribution >= 4 is 10.1 Å². The quantitative estimate of drug-likeness (QED) is 0.681. The van der Waals surface area contributed by atoms with Gasteiger partial charge in [-0.2, -0.15) is 8.42 Å². The first kappa shape index (κ1) is 15.3. The first-order chi connectivity index (χ1) is 9.92. The van der Waals surface area contributed by atoms with E-state index in [9.17, 15) is 13.5 Å². The molecule has 2 aromatic rings. The molecule has 0 aliphatic carbocycles. The third kappa shape index (κ3) is 3.71. The predicted molar refractivity (Wildman–Crippen MR) is 80.6 cm³/mol. The van der Waals surface area contributed by atoms with Crippen LogP contribution in [0.15, 0.2) is 66.1 Å². The molecule has 1 atom stereocenters. The molecule has 2 rings (SSSR count). The molecule has 0 saturated heterocycles. The number of benzene rings is 2. The molecule has 1 unspecified atom stereocenters. The number of rotatable bonds is 5. The third-order valence-electron chi connectivity index (χ3n) is 2.96. The lowest BCUT2D eigenvalue weighted by atomic mass is 10.1. The average Bonchev–Trinajstić information content (AvgIpc) is 2.47. The van der Waals surface area contributed by atoms with E-state index in [-0.39, 0.29) is 10.6 Å². The van der Waals surface area contributed by atoms with E-state index in [1.807, 2.05) is 6.92 Å². The second-order valence-electron chi connectivity index (χ2n) is 4.60. The number of aliphatic hydroxyl groups is 1. The molecule has 0 bridgehead atoms. The number of hydrogen-bond acceptors (Lipinski definition) is 4. The van der Waals surface area contributed by atoms with Gasteiger partial charge in [-0.15, -0.1) is 6.58 Å². The minimum atomic E-state index is -3.85. The second kappa shape index (κ2) is 6.11. The van der Waals surface area contributed by atoms with Crippen LogP contribution in [-0.2, 0) is 10.1 Å². The Morgan fingerprint density at radius 2 is 1.67 bits per heavy atom. The van der Waals surface area contributed by atoms with Gasteiger partial charge in [-0.25, -0.2) is 0 Å². The smallest absolute Gasteiger partial charge is 0.339 e. The summed E-state index contributed by atoms with van der Waals surface area (Å²) in [6, 6.07) is 12.6. The standard InChI is InChI=1S/C16H16O4S/c1-3-16(17)13-6-8-14(9-7-13)20-21(18,19)15-10-4-12(2)5-11-15/h3-11,16-17H,1H2,2H3. The van der Waals surface area contributed by atoms with Crippen LogP contribution in [0.5, 0.6) is 5.75 Å². The molecule has 0 aliphatic rings. The minimum Gasteiger partial charge on any atom is -0.384 e. The summed E-state index contributed by atoms with van der Waals surface area (Å²) >= 11 is 0. The van der Waals surface area contributed by atoms with Crippen LogP contribution in [0.3, 0.4) is 0 Å². The largest absolute Gasteiger partial charge is 0.384 e. The molecule has 1 N–H and O–H groups in total. The van der Waals surface area contributed by atoms with Crippen LogP contribution < -0.4 is 4.18 Å². The summed E-state index contributed by atoms with van der Waals surface area (Å²) in [5.41, 5.74) is 1.58. The Balaban J connectivity index is 2.20. The van der Waals surface area contributed by atoms with Gasteiger partial charge in [0.05, 0.1) is 6.10 Å². The molecule has 4 nitrogen and oxygen atoms in total. The maximum atomic E-state index is 12.1. The van der Waals surface area contributed by atoms with E-state index >= 15 is 0 Å². The summed E-state index contributed by atoms with van der Waals surface area (Å²) in [6.45, 7) is 5.36. The zero-order valence-corrected chi connectivity index (χ0v) is 12.4. The molecule has 0 heterocycles. The molecule has 0 fully saturated rings. The van der Waals surface area contributed by atoms with Gasteiger partial charge in [0.2, 0.25) is 0 Å². The first-order valence-corrected chi connectivity index (χ1v) is 7.75. The number of hydrogen-bond donors (Lipinski definition) is 1. The molecule has 110 valence electrons. The van der Waals surface area contributed by atoms with E-state index in [1.165, 1.54) is 30.3 Å². The molecular formula is C16H16O4S. The maximum absolute atomic E-state index is 12.1. The van der Waals surface area contributed by atoms with Crippen molar-refractivity contribution in [1.82, 2.24) is 0 Å². The van der Waals surface area contributed by atoms with E-state index < -0.39 is 16.2 Å². The fourth-order valence-corrected chi connectivity index (χ4v) is 2.67. The first-order valence-electron chi connectivity index (χ1n) is 6.34. The molecule has 0 aliphatic heterocycles. The van der Waals surface area contributed by atoms with Crippen molar-refractivity contribution in [1.29, 1.82) is 0 Å². The van der Waals surface area contributed by atoms with E-state index in [1.54, 1.807) is 24.3 Å². The molecule has 0 aromatic heterocycles. The minimum absolute atomic E-state index is 0.100. The topological polar surface area (TPSA) is 63.6 Å². The molecule has 0 amide bonds. The fraction of sp³-hybridized carbons (Fsp3) is 0.125. The van der Waals surface area contributed by atoms with Gasteiger partial charge >= 0.3 is 10.1 Å². The predicted octanol–water partition coefficient (Wildman–Crippen LogP) is 2.98. The van der Waals surface area contributed by atoms with Gasteiger partial charge in [0, 0.05) is 0 Å². The van der Waals surface area contributed by atoms with Crippen LogP contribution in [-0.4, -0.2) is 13.5 Å². The summed E-state index contributed by atoms with van der Waals surface area (Å²) in [5, 5.41) is 9.58. The molecule has 2 aromatic carbocycles. The van der Waals surface area contributed by atoms with Crippen molar-refractivity contribution in [3.63, 3.8) is 0 Å². The van der Waals surface area contributed by atoms with Gasteiger partial charge in [-0.05, 0) is 36.8 Å². The van der Waals surface area contributed by atoms with Crippen molar-refractivity contribution < 1.29 is 17.7 Å². The average molecular weight is 304 g/mol. The van der Waals surface area contributed by atoms with Gasteiger partial charge in [0.25, 0.3) is 0 Å². The highest BCUT2D eigenvalue weighted by Crippen LogP contribution is 2.22. The Labute approximate surface area is 124 Å². The highest BCUT2D eigenvalue weighted by molar-refractivity contribution is 7.87.